The van der Waals surface area contributed by atoms with Crippen LogP contribution in [0.5, 0.6) is 0 Å². The van der Waals surface area contributed by atoms with Crippen molar-refractivity contribution in [2.45, 2.75) is 55.3 Å². The van der Waals surface area contributed by atoms with Crippen molar-refractivity contribution in [1.82, 2.24) is 4.90 Å². The third kappa shape index (κ3) is 5.42. The Morgan fingerprint density at radius 2 is 1.82 bits per heavy atom. The van der Waals surface area contributed by atoms with Gasteiger partial charge in [0.1, 0.15) is 11.1 Å². The number of nitrogens with two attached hydrogens (primary N) is 1. The van der Waals surface area contributed by atoms with E-state index in [1.807, 2.05) is 41.3 Å². The molecular weight excluding hydrogens is 432 g/mol. The highest BCUT2D eigenvalue weighted by Gasteiger charge is 2.34. The Hall–Kier alpha value is -2.35. The molecule has 0 aromatic heterocycles. The molecule has 0 saturated carbocycles. The van der Waals surface area contributed by atoms with Gasteiger partial charge in [-0.05, 0) is 50.5 Å². The first-order valence-electron chi connectivity index (χ1n) is 11.8. The molecule has 0 radical (unpaired) electrons. The smallest absolute Gasteiger partial charge is 0.245 e. The van der Waals surface area contributed by atoms with Crippen molar-refractivity contribution in [2.24, 2.45) is 5.73 Å². The van der Waals surface area contributed by atoms with E-state index < -0.39 is 0 Å². The Bertz CT molecular complexity index is 988. The summed E-state index contributed by atoms with van der Waals surface area (Å²) in [5, 5.41) is 7.37. The topological polar surface area (TPSA) is 82.7 Å². The molecule has 0 bridgehead atoms. The Kier molecular flexibility index (Phi) is 7.73. The number of hydrogen-bond acceptors (Lipinski definition) is 5. The van der Waals surface area contributed by atoms with E-state index in [0.717, 1.165) is 22.7 Å². The highest BCUT2D eigenvalue weighted by molar-refractivity contribution is 8.00. The third-order valence-corrected chi connectivity index (χ3v) is 8.03. The lowest BCUT2D eigenvalue weighted by atomic mass is 9.98. The Morgan fingerprint density at radius 3 is 2.58 bits per heavy atom. The monoisotopic (exact) mass is 466 g/mol. The number of nitrogens with one attached hydrogen (secondary N) is 1. The number of ether oxygens (including phenoxy) is 1. The normalized spacial score (nSPS) is 23.4. The third-order valence-electron chi connectivity index (χ3n) is 6.72. The van der Waals surface area contributed by atoms with E-state index >= 15 is 0 Å². The van der Waals surface area contributed by atoms with Crippen LogP contribution in [0.4, 0.5) is 5.69 Å². The second kappa shape index (κ2) is 10.7. The number of nitrogens with zero attached hydrogens (tertiary/aromatic N) is 2. The fraction of sp³-hybridized carbons (Fsp3) is 0.462. The van der Waals surface area contributed by atoms with Gasteiger partial charge in [-0.2, -0.15) is 0 Å². The number of amidine groups is 1. The van der Waals surface area contributed by atoms with Crippen LogP contribution >= 0.6 is 11.8 Å². The molecule has 1 fully saturated rings. The molecule has 33 heavy (non-hydrogen) atoms. The molecule has 6 nitrogen and oxygen atoms in total. The van der Waals surface area contributed by atoms with Crippen molar-refractivity contribution in [3.8, 4) is 0 Å². The summed E-state index contributed by atoms with van der Waals surface area (Å²) in [5.41, 5.74) is 8.12. The molecule has 176 valence electrons. The minimum atomic E-state index is -0.366. The molecule has 3 N–H and O–H groups in total. The molecule has 2 heterocycles. The number of benzene rings is 2. The van der Waals surface area contributed by atoms with E-state index in [1.54, 1.807) is 17.8 Å². The number of hydrogen-bond donors (Lipinski definition) is 2. The predicted molar refractivity (Wildman–Crippen MR) is 135 cm³/mol. The van der Waals surface area contributed by atoms with Crippen LogP contribution in [-0.2, 0) is 9.53 Å². The molecule has 7 heteroatoms. The quantitative estimate of drug-likeness (QED) is 0.342. The van der Waals surface area contributed by atoms with Crippen LogP contribution in [0.3, 0.4) is 0 Å². The van der Waals surface area contributed by atoms with Gasteiger partial charge >= 0.3 is 0 Å². The summed E-state index contributed by atoms with van der Waals surface area (Å²) >= 11 is 1.56. The zero-order chi connectivity index (χ0) is 23.4. The van der Waals surface area contributed by atoms with Crippen molar-refractivity contribution in [3.05, 3.63) is 59.7 Å². The van der Waals surface area contributed by atoms with E-state index in [1.165, 1.54) is 19.3 Å². The highest BCUT2D eigenvalue weighted by Crippen LogP contribution is 2.46. The van der Waals surface area contributed by atoms with Crippen LogP contribution in [-0.4, -0.2) is 55.0 Å². The molecule has 2 aliphatic rings. The van der Waals surface area contributed by atoms with Crippen LogP contribution in [0, 0.1) is 5.41 Å². The number of rotatable bonds is 8. The highest BCUT2D eigenvalue weighted by atomic mass is 32.2. The van der Waals surface area contributed by atoms with Crippen LogP contribution in [0.25, 0.3) is 0 Å². The maximum Gasteiger partial charge on any atom is 0.245 e. The number of thioether (sulfide) groups is 1. The fourth-order valence-corrected chi connectivity index (χ4v) is 6.09. The lowest BCUT2D eigenvalue weighted by Gasteiger charge is -2.39. The van der Waals surface area contributed by atoms with Gasteiger partial charge in [0.25, 0.3) is 0 Å². The molecule has 4 rings (SSSR count). The number of carbonyl (C=O) groups excluding carboxylic acids is 1. The Morgan fingerprint density at radius 1 is 1.09 bits per heavy atom. The first-order valence-corrected chi connectivity index (χ1v) is 12.7. The number of amides is 1. The molecule has 3 atom stereocenters. The van der Waals surface area contributed by atoms with E-state index in [4.69, 9.17) is 15.9 Å². The van der Waals surface area contributed by atoms with Gasteiger partial charge in [-0.3, -0.25) is 15.1 Å². The van der Waals surface area contributed by atoms with E-state index in [9.17, 15) is 4.79 Å². The average Bonchev–Trinajstić information content (AvgIpc) is 2.81. The zero-order valence-corrected chi connectivity index (χ0v) is 20.3. The number of para-hydroxylation sites is 1. The molecule has 2 aliphatic heterocycles. The van der Waals surface area contributed by atoms with Crippen LogP contribution in [0.1, 0.15) is 49.5 Å². The Labute approximate surface area is 201 Å². The molecule has 1 unspecified atom stereocenters. The van der Waals surface area contributed by atoms with Gasteiger partial charge in [0.2, 0.25) is 5.91 Å². The molecule has 2 aromatic rings. The summed E-state index contributed by atoms with van der Waals surface area (Å²) in [6.45, 7) is 7.24. The first-order chi connectivity index (χ1) is 16.0. The van der Waals surface area contributed by atoms with Gasteiger partial charge < -0.3 is 15.4 Å². The van der Waals surface area contributed by atoms with Gasteiger partial charge in [-0.15, -0.1) is 11.8 Å². The molecule has 0 aliphatic carbocycles. The summed E-state index contributed by atoms with van der Waals surface area (Å²) in [6, 6.07) is 16.7. The number of carbonyl (C=O) groups is 1. The van der Waals surface area contributed by atoms with Crippen molar-refractivity contribution in [3.63, 3.8) is 0 Å². The van der Waals surface area contributed by atoms with E-state index in [0.29, 0.717) is 37.4 Å². The van der Waals surface area contributed by atoms with E-state index in [-0.39, 0.29) is 17.0 Å². The molecule has 1 amide bonds. The molecule has 0 spiro atoms. The summed E-state index contributed by atoms with van der Waals surface area (Å²) < 4.78 is 6.00. The summed E-state index contributed by atoms with van der Waals surface area (Å²) in [5.74, 6) is 0.0504. The van der Waals surface area contributed by atoms with Gasteiger partial charge in [-0.1, -0.05) is 36.8 Å². The van der Waals surface area contributed by atoms with Crippen molar-refractivity contribution >= 4 is 29.2 Å². The van der Waals surface area contributed by atoms with Gasteiger partial charge in [-0.25, -0.2) is 0 Å². The zero-order valence-electron chi connectivity index (χ0n) is 19.5. The largest absolute Gasteiger partial charge is 0.384 e. The maximum absolute atomic E-state index is 13.5. The number of piperidine rings is 1. The number of nitrogen functional groups attached to an aromatic ring is 1. The second-order valence-electron chi connectivity index (χ2n) is 8.97. The SMILES string of the molecule is C[C@@H]1CCC[C@H](C)N1CCOCCN1C(=O)C(c2cccc(C(=N)N)c2)Sc2ccccc21. The molecule has 2 aromatic carbocycles. The Balaban J connectivity index is 1.42. The lowest BCUT2D eigenvalue weighted by Crippen LogP contribution is -2.45. The van der Waals surface area contributed by atoms with E-state index in [2.05, 4.69) is 24.8 Å². The summed E-state index contributed by atoms with van der Waals surface area (Å²) in [4.78, 5) is 19.0. The first kappa shape index (κ1) is 23.8. The van der Waals surface area contributed by atoms with Crippen LogP contribution in [0.15, 0.2) is 53.4 Å². The number of fused-ring (bicyclic) bond motifs is 1. The maximum atomic E-state index is 13.5. The van der Waals surface area contributed by atoms with Gasteiger partial charge in [0.05, 0.1) is 18.9 Å². The van der Waals surface area contributed by atoms with Gasteiger partial charge in [0.15, 0.2) is 0 Å². The minimum absolute atomic E-state index is 0.00751. The standard InChI is InChI=1S/C26H34N4O2S/c1-18-7-5-8-19(2)29(18)13-15-32-16-14-30-22-11-3-4-12-23(22)33-24(26(30)31)20-9-6-10-21(17-20)25(27)28/h3-4,6,9-12,17-19,24H,5,7-8,13-16H2,1-2H3,(H3,27,28)/t18-,19+,24?. The van der Waals surface area contributed by atoms with Crippen LogP contribution in [0.2, 0.25) is 0 Å². The van der Waals surface area contributed by atoms with Crippen LogP contribution < -0.4 is 10.6 Å². The van der Waals surface area contributed by atoms with Crippen molar-refractivity contribution < 1.29 is 9.53 Å². The lowest BCUT2D eigenvalue weighted by molar-refractivity contribution is -0.118. The predicted octanol–water partition coefficient (Wildman–Crippen LogP) is 4.43. The van der Waals surface area contributed by atoms with Gasteiger partial charge in [0, 0.05) is 35.6 Å². The second-order valence-corrected chi connectivity index (χ2v) is 10.1. The summed E-state index contributed by atoms with van der Waals surface area (Å²) in [7, 11) is 0. The van der Waals surface area contributed by atoms with Crippen molar-refractivity contribution in [2.75, 3.05) is 31.2 Å². The fourth-order valence-electron chi connectivity index (χ4n) is 4.87. The minimum Gasteiger partial charge on any atom is -0.384 e. The molecule has 1 saturated heterocycles. The van der Waals surface area contributed by atoms with Crippen molar-refractivity contribution in [1.29, 1.82) is 5.41 Å². The molecular formula is C26H34N4O2S. The average molecular weight is 467 g/mol. The summed E-state index contributed by atoms with van der Waals surface area (Å²) in [6.07, 6.45) is 3.82. The number of likely N-dealkylation sites (tertiary alicyclic amines) is 1. The number of anilines is 1.